The third-order valence-corrected chi connectivity index (χ3v) is 3.02. The van der Waals surface area contributed by atoms with Gasteiger partial charge in [0.05, 0.1) is 5.60 Å². The molecule has 24 heavy (non-hydrogen) atoms. The summed E-state index contributed by atoms with van der Waals surface area (Å²) in [7, 11) is 0. The van der Waals surface area contributed by atoms with Gasteiger partial charge >= 0.3 is 5.97 Å². The van der Waals surface area contributed by atoms with Crippen molar-refractivity contribution in [3.63, 3.8) is 0 Å². The number of hydrogen-bond donors (Lipinski definition) is 2. The Bertz CT molecular complexity index is 583. The molecule has 6 nitrogen and oxygen atoms in total. The fraction of sp³-hybridized carbons (Fsp3) is 0.529. The fourth-order valence-corrected chi connectivity index (χ4v) is 1.84. The molecule has 0 bridgehead atoms. The lowest BCUT2D eigenvalue weighted by Gasteiger charge is -2.21. The summed E-state index contributed by atoms with van der Waals surface area (Å²) in [5, 5.41) is 11.5. The van der Waals surface area contributed by atoms with Crippen LogP contribution in [0.15, 0.2) is 18.2 Å². The van der Waals surface area contributed by atoms with E-state index in [9.17, 15) is 14.0 Å². The first-order valence-corrected chi connectivity index (χ1v) is 7.63. The zero-order valence-electron chi connectivity index (χ0n) is 14.4. The molecular weight excluding hydrogens is 317 g/mol. The van der Waals surface area contributed by atoms with Gasteiger partial charge in [-0.2, -0.15) is 0 Å². The van der Waals surface area contributed by atoms with Crippen molar-refractivity contribution < 1.29 is 28.6 Å². The van der Waals surface area contributed by atoms with E-state index in [0.29, 0.717) is 0 Å². The number of amides is 1. The zero-order chi connectivity index (χ0) is 18.3. The van der Waals surface area contributed by atoms with Gasteiger partial charge in [-0.3, -0.25) is 4.79 Å². The Balaban J connectivity index is 2.50. The van der Waals surface area contributed by atoms with E-state index in [-0.39, 0.29) is 18.8 Å². The van der Waals surface area contributed by atoms with E-state index in [4.69, 9.17) is 14.6 Å². The van der Waals surface area contributed by atoms with Crippen LogP contribution in [0.2, 0.25) is 0 Å². The predicted octanol–water partition coefficient (Wildman–Crippen LogP) is 2.29. The van der Waals surface area contributed by atoms with Crippen LogP contribution in [0.4, 0.5) is 4.39 Å². The van der Waals surface area contributed by atoms with Crippen molar-refractivity contribution in [2.45, 2.75) is 45.8 Å². The van der Waals surface area contributed by atoms with Crippen molar-refractivity contribution in [1.29, 1.82) is 0 Å². The predicted molar refractivity (Wildman–Crippen MR) is 86.5 cm³/mol. The number of halogens is 1. The van der Waals surface area contributed by atoms with Crippen molar-refractivity contribution in [3.05, 3.63) is 29.6 Å². The largest absolute Gasteiger partial charge is 0.481 e. The molecule has 0 fully saturated rings. The molecule has 0 radical (unpaired) electrons. The molecule has 0 heterocycles. The number of carbonyl (C=O) groups excluding carboxylic acids is 1. The molecule has 0 saturated carbocycles. The highest BCUT2D eigenvalue weighted by Crippen LogP contribution is 2.18. The Morgan fingerprint density at radius 1 is 1.33 bits per heavy atom. The molecule has 1 amide bonds. The maximum atomic E-state index is 13.5. The van der Waals surface area contributed by atoms with E-state index in [1.807, 2.05) is 20.8 Å². The van der Waals surface area contributed by atoms with Gasteiger partial charge in [-0.1, -0.05) is 6.07 Å². The summed E-state index contributed by atoms with van der Waals surface area (Å²) >= 11 is 0. The van der Waals surface area contributed by atoms with Crippen LogP contribution in [0.3, 0.4) is 0 Å². The Morgan fingerprint density at radius 2 is 2.00 bits per heavy atom. The standard InChI is InChI=1S/C17H24FNO5/c1-11-5-6-12(18)14(9-11)23-10-15(20)19-13(16(21)22)7-8-24-17(2,3)4/h5-6,9,13H,7-8,10H2,1-4H3,(H,19,20)(H,21,22). The zero-order valence-corrected chi connectivity index (χ0v) is 14.4. The Morgan fingerprint density at radius 3 is 2.58 bits per heavy atom. The molecule has 1 rings (SSSR count). The van der Waals surface area contributed by atoms with E-state index in [0.717, 1.165) is 5.56 Å². The SMILES string of the molecule is Cc1ccc(F)c(OCC(=O)NC(CCOC(C)(C)C)C(=O)O)c1. The van der Waals surface area contributed by atoms with Crippen molar-refractivity contribution >= 4 is 11.9 Å². The number of benzene rings is 1. The number of carboxylic acid groups (broad SMARTS) is 1. The highest BCUT2D eigenvalue weighted by atomic mass is 19.1. The third-order valence-electron chi connectivity index (χ3n) is 3.02. The topological polar surface area (TPSA) is 84.9 Å². The van der Waals surface area contributed by atoms with Gasteiger partial charge in [0.2, 0.25) is 0 Å². The van der Waals surface area contributed by atoms with E-state index in [1.54, 1.807) is 13.0 Å². The first-order chi connectivity index (χ1) is 11.1. The molecule has 2 N–H and O–H groups in total. The van der Waals surface area contributed by atoms with Crippen LogP contribution in [-0.2, 0) is 14.3 Å². The van der Waals surface area contributed by atoms with Gasteiger partial charge in [-0.15, -0.1) is 0 Å². The van der Waals surface area contributed by atoms with Gasteiger partial charge in [0.1, 0.15) is 6.04 Å². The number of carboxylic acids is 1. The quantitative estimate of drug-likeness (QED) is 0.758. The van der Waals surface area contributed by atoms with Gasteiger partial charge in [-0.05, 0) is 45.4 Å². The lowest BCUT2D eigenvalue weighted by molar-refractivity contribution is -0.143. The van der Waals surface area contributed by atoms with E-state index in [1.165, 1.54) is 12.1 Å². The third kappa shape index (κ3) is 7.41. The van der Waals surface area contributed by atoms with Crippen LogP contribution < -0.4 is 10.1 Å². The molecule has 0 spiro atoms. The molecule has 7 heteroatoms. The molecule has 0 aliphatic carbocycles. The number of aliphatic carboxylic acids is 1. The Hall–Kier alpha value is -2.15. The molecule has 1 aromatic carbocycles. The summed E-state index contributed by atoms with van der Waals surface area (Å²) in [5.41, 5.74) is 0.397. The lowest BCUT2D eigenvalue weighted by atomic mass is 10.2. The van der Waals surface area contributed by atoms with E-state index >= 15 is 0 Å². The number of aryl methyl sites for hydroxylation is 1. The maximum absolute atomic E-state index is 13.5. The van der Waals surface area contributed by atoms with Crippen LogP contribution in [-0.4, -0.2) is 41.8 Å². The minimum atomic E-state index is -1.16. The van der Waals surface area contributed by atoms with Gasteiger partial charge < -0.3 is 19.9 Å². The molecule has 1 atom stereocenters. The summed E-state index contributed by atoms with van der Waals surface area (Å²) in [6.45, 7) is 7.04. The molecule has 134 valence electrons. The fourth-order valence-electron chi connectivity index (χ4n) is 1.84. The van der Waals surface area contributed by atoms with Crippen molar-refractivity contribution in [2.75, 3.05) is 13.2 Å². The summed E-state index contributed by atoms with van der Waals surface area (Å²) in [6.07, 6.45) is 0.122. The van der Waals surface area contributed by atoms with Crippen LogP contribution >= 0.6 is 0 Å². The molecule has 0 aliphatic rings. The number of rotatable bonds is 8. The number of carbonyl (C=O) groups is 2. The second kappa shape index (κ2) is 8.63. The van der Waals surface area contributed by atoms with Crippen LogP contribution in [0.5, 0.6) is 5.75 Å². The van der Waals surface area contributed by atoms with Crippen molar-refractivity contribution in [1.82, 2.24) is 5.32 Å². The highest BCUT2D eigenvalue weighted by Gasteiger charge is 2.21. The highest BCUT2D eigenvalue weighted by molar-refractivity contribution is 5.84. The summed E-state index contributed by atoms with van der Waals surface area (Å²) < 4.78 is 24.1. The Kier molecular flexibility index (Phi) is 7.16. The number of hydrogen-bond acceptors (Lipinski definition) is 4. The second-order valence-corrected chi connectivity index (χ2v) is 6.43. The van der Waals surface area contributed by atoms with E-state index in [2.05, 4.69) is 5.32 Å². The summed E-state index contributed by atoms with van der Waals surface area (Å²) in [5.74, 6) is -2.43. The number of nitrogens with one attached hydrogen (secondary N) is 1. The smallest absolute Gasteiger partial charge is 0.326 e. The summed E-state index contributed by atoms with van der Waals surface area (Å²) in [6, 6.07) is 3.20. The van der Waals surface area contributed by atoms with E-state index < -0.39 is 35.9 Å². The van der Waals surface area contributed by atoms with Gasteiger partial charge in [0.15, 0.2) is 18.2 Å². The molecular formula is C17H24FNO5. The average Bonchev–Trinajstić information content (AvgIpc) is 2.45. The molecule has 1 unspecified atom stereocenters. The first kappa shape index (κ1) is 19.9. The normalized spacial score (nSPS) is 12.5. The van der Waals surface area contributed by atoms with Crippen LogP contribution in [0.25, 0.3) is 0 Å². The minimum Gasteiger partial charge on any atom is -0.481 e. The molecule has 0 saturated heterocycles. The lowest BCUT2D eigenvalue weighted by Crippen LogP contribution is -2.44. The summed E-state index contributed by atoms with van der Waals surface area (Å²) in [4.78, 5) is 23.0. The van der Waals surface area contributed by atoms with Gasteiger partial charge in [-0.25, -0.2) is 9.18 Å². The molecule has 0 aliphatic heterocycles. The number of ether oxygens (including phenoxy) is 2. The van der Waals surface area contributed by atoms with Gasteiger partial charge in [0, 0.05) is 13.0 Å². The average molecular weight is 341 g/mol. The second-order valence-electron chi connectivity index (χ2n) is 6.43. The van der Waals surface area contributed by atoms with Crippen molar-refractivity contribution in [2.24, 2.45) is 0 Å². The molecule has 1 aromatic rings. The van der Waals surface area contributed by atoms with Crippen LogP contribution in [0.1, 0.15) is 32.8 Å². The maximum Gasteiger partial charge on any atom is 0.326 e. The van der Waals surface area contributed by atoms with Crippen LogP contribution in [0, 0.1) is 12.7 Å². The Labute approximate surface area is 141 Å². The first-order valence-electron chi connectivity index (χ1n) is 7.63. The minimum absolute atomic E-state index is 0.0481. The van der Waals surface area contributed by atoms with Crippen molar-refractivity contribution in [3.8, 4) is 5.75 Å². The van der Waals surface area contributed by atoms with Gasteiger partial charge in [0.25, 0.3) is 5.91 Å². The monoisotopic (exact) mass is 341 g/mol. The molecule has 0 aromatic heterocycles.